The van der Waals surface area contributed by atoms with Crippen molar-refractivity contribution in [2.75, 3.05) is 20.1 Å². The molecule has 0 aliphatic carbocycles. The summed E-state index contributed by atoms with van der Waals surface area (Å²) in [6, 6.07) is 12.6. The lowest BCUT2D eigenvalue weighted by Crippen LogP contribution is -2.44. The van der Waals surface area contributed by atoms with Crippen molar-refractivity contribution in [3.8, 4) is 0 Å². The van der Waals surface area contributed by atoms with Crippen molar-refractivity contribution in [2.45, 2.75) is 30.7 Å². The number of halogens is 2. The molecular formula is C21H24ClFN2O3S. The van der Waals surface area contributed by atoms with Crippen molar-refractivity contribution in [2.24, 2.45) is 5.92 Å². The summed E-state index contributed by atoms with van der Waals surface area (Å²) in [6.45, 7) is 2.32. The Morgan fingerprint density at radius 3 is 2.31 bits per heavy atom. The Morgan fingerprint density at radius 2 is 1.72 bits per heavy atom. The predicted octanol–water partition coefficient (Wildman–Crippen LogP) is 4.10. The fourth-order valence-electron chi connectivity index (χ4n) is 3.58. The molecule has 1 heterocycles. The third kappa shape index (κ3) is 4.63. The Kier molecular flexibility index (Phi) is 6.61. The van der Waals surface area contributed by atoms with Gasteiger partial charge < -0.3 is 4.90 Å². The zero-order valence-electron chi connectivity index (χ0n) is 16.4. The van der Waals surface area contributed by atoms with Gasteiger partial charge >= 0.3 is 0 Å². The third-order valence-electron chi connectivity index (χ3n) is 5.54. The number of carbonyl (C=O) groups excluding carboxylic acids is 1. The zero-order valence-corrected chi connectivity index (χ0v) is 18.0. The molecule has 2 aromatic rings. The summed E-state index contributed by atoms with van der Waals surface area (Å²) in [6.07, 6.45) is 0.814. The van der Waals surface area contributed by atoms with Crippen molar-refractivity contribution in [3.05, 3.63) is 64.9 Å². The van der Waals surface area contributed by atoms with Gasteiger partial charge in [-0.25, -0.2) is 12.8 Å². The second kappa shape index (κ2) is 8.81. The normalized spacial score (nSPS) is 17.1. The molecule has 0 saturated carbocycles. The molecule has 156 valence electrons. The van der Waals surface area contributed by atoms with Crippen molar-refractivity contribution in [1.29, 1.82) is 0 Å². The van der Waals surface area contributed by atoms with E-state index in [0.29, 0.717) is 17.9 Å². The smallest absolute Gasteiger partial charge is 0.245 e. The highest BCUT2D eigenvalue weighted by molar-refractivity contribution is 7.89. The molecule has 1 unspecified atom stereocenters. The topological polar surface area (TPSA) is 57.7 Å². The van der Waals surface area contributed by atoms with E-state index < -0.39 is 15.8 Å². The van der Waals surface area contributed by atoms with Gasteiger partial charge in [0.2, 0.25) is 15.9 Å². The Morgan fingerprint density at radius 1 is 1.14 bits per heavy atom. The molecule has 2 aromatic carbocycles. The molecule has 1 amide bonds. The molecule has 1 fully saturated rings. The minimum Gasteiger partial charge on any atom is -0.339 e. The molecule has 0 aromatic heterocycles. The van der Waals surface area contributed by atoms with Crippen LogP contribution >= 0.6 is 11.6 Å². The van der Waals surface area contributed by atoms with Crippen LogP contribution < -0.4 is 0 Å². The highest BCUT2D eigenvalue weighted by Gasteiger charge is 2.35. The summed E-state index contributed by atoms with van der Waals surface area (Å²) in [7, 11) is -2.15. The van der Waals surface area contributed by atoms with Crippen molar-refractivity contribution < 1.29 is 17.6 Å². The molecular weight excluding hydrogens is 415 g/mol. The minimum atomic E-state index is -3.90. The number of nitrogens with zero attached hydrogens (tertiary/aromatic N) is 2. The number of benzene rings is 2. The van der Waals surface area contributed by atoms with E-state index in [2.05, 4.69) is 0 Å². The van der Waals surface area contributed by atoms with Crippen LogP contribution in [0, 0.1) is 11.7 Å². The summed E-state index contributed by atoms with van der Waals surface area (Å²) >= 11 is 5.93. The quantitative estimate of drug-likeness (QED) is 0.706. The zero-order chi connectivity index (χ0) is 21.2. The molecule has 1 aliphatic rings. The number of amides is 1. The molecule has 1 aliphatic heterocycles. The number of sulfonamides is 1. The lowest BCUT2D eigenvalue weighted by molar-refractivity contribution is -0.137. The fraction of sp³-hybridized carbons (Fsp3) is 0.381. The third-order valence-corrected chi connectivity index (χ3v) is 7.72. The summed E-state index contributed by atoms with van der Waals surface area (Å²) in [4.78, 5) is 14.3. The van der Waals surface area contributed by atoms with Crippen LogP contribution in [0.15, 0.2) is 53.4 Å². The SMILES string of the molecule is CC(c1ccc(Cl)cc1)N(C)C(=O)C1CCN(S(=O)(=O)c2ccccc2F)CC1. The summed E-state index contributed by atoms with van der Waals surface area (Å²) in [5.41, 5.74) is 0.977. The van der Waals surface area contributed by atoms with Gasteiger partial charge in [-0.3, -0.25) is 4.79 Å². The van der Waals surface area contributed by atoms with E-state index in [0.717, 1.165) is 11.6 Å². The Bertz CT molecular complexity index is 974. The Balaban J connectivity index is 1.65. The van der Waals surface area contributed by atoms with Crippen LogP contribution in [0.4, 0.5) is 4.39 Å². The average molecular weight is 439 g/mol. The molecule has 1 saturated heterocycles. The van der Waals surface area contributed by atoms with E-state index in [1.165, 1.54) is 22.5 Å². The average Bonchev–Trinajstić information content (AvgIpc) is 2.73. The van der Waals surface area contributed by atoms with Gasteiger partial charge in [0, 0.05) is 31.1 Å². The Hall–Kier alpha value is -1.96. The van der Waals surface area contributed by atoms with Gasteiger partial charge in [-0.05, 0) is 49.6 Å². The molecule has 5 nitrogen and oxygen atoms in total. The number of piperidine rings is 1. The molecule has 3 rings (SSSR count). The van der Waals surface area contributed by atoms with Gasteiger partial charge in [0.05, 0.1) is 6.04 Å². The minimum absolute atomic E-state index is 0.0182. The summed E-state index contributed by atoms with van der Waals surface area (Å²) < 4.78 is 40.7. The maximum atomic E-state index is 14.0. The lowest BCUT2D eigenvalue weighted by atomic mass is 9.95. The van der Waals surface area contributed by atoms with Gasteiger partial charge in [0.25, 0.3) is 0 Å². The second-order valence-electron chi connectivity index (χ2n) is 7.29. The molecule has 0 N–H and O–H groups in total. The van der Waals surface area contributed by atoms with Crippen LogP contribution in [0.3, 0.4) is 0 Å². The van der Waals surface area contributed by atoms with Crippen LogP contribution in [-0.2, 0) is 14.8 Å². The highest BCUT2D eigenvalue weighted by Crippen LogP contribution is 2.28. The molecule has 0 spiro atoms. The monoisotopic (exact) mass is 438 g/mol. The first-order chi connectivity index (χ1) is 13.7. The Labute approximate surface area is 176 Å². The van der Waals surface area contributed by atoms with E-state index >= 15 is 0 Å². The first-order valence-corrected chi connectivity index (χ1v) is 11.3. The van der Waals surface area contributed by atoms with Crippen LogP contribution in [0.5, 0.6) is 0 Å². The largest absolute Gasteiger partial charge is 0.339 e. The van der Waals surface area contributed by atoms with E-state index in [1.807, 2.05) is 19.1 Å². The van der Waals surface area contributed by atoms with Gasteiger partial charge in [0.15, 0.2) is 0 Å². The van der Waals surface area contributed by atoms with Crippen molar-refractivity contribution in [3.63, 3.8) is 0 Å². The first-order valence-electron chi connectivity index (χ1n) is 9.48. The van der Waals surface area contributed by atoms with Gasteiger partial charge in [-0.1, -0.05) is 35.9 Å². The maximum Gasteiger partial charge on any atom is 0.245 e. The summed E-state index contributed by atoms with van der Waals surface area (Å²) in [5, 5.41) is 0.637. The van der Waals surface area contributed by atoms with Crippen LogP contribution in [0.2, 0.25) is 5.02 Å². The summed E-state index contributed by atoms with van der Waals surface area (Å²) in [5.74, 6) is -1.04. The molecule has 0 radical (unpaired) electrons. The molecule has 8 heteroatoms. The number of carbonyl (C=O) groups is 1. The van der Waals surface area contributed by atoms with Crippen LogP contribution in [-0.4, -0.2) is 43.7 Å². The maximum absolute atomic E-state index is 14.0. The lowest BCUT2D eigenvalue weighted by Gasteiger charge is -2.34. The number of hydrogen-bond donors (Lipinski definition) is 0. The van der Waals surface area contributed by atoms with Crippen molar-refractivity contribution in [1.82, 2.24) is 9.21 Å². The van der Waals surface area contributed by atoms with Gasteiger partial charge in [0.1, 0.15) is 10.7 Å². The van der Waals surface area contributed by atoms with Gasteiger partial charge in [-0.15, -0.1) is 0 Å². The highest BCUT2D eigenvalue weighted by atomic mass is 35.5. The van der Waals surface area contributed by atoms with E-state index in [4.69, 9.17) is 11.6 Å². The van der Waals surface area contributed by atoms with E-state index in [9.17, 15) is 17.6 Å². The molecule has 1 atom stereocenters. The molecule has 29 heavy (non-hydrogen) atoms. The van der Waals surface area contributed by atoms with E-state index in [1.54, 1.807) is 24.1 Å². The molecule has 0 bridgehead atoms. The van der Waals surface area contributed by atoms with Crippen molar-refractivity contribution >= 4 is 27.5 Å². The second-order valence-corrected chi connectivity index (χ2v) is 9.63. The van der Waals surface area contributed by atoms with Crippen LogP contribution in [0.1, 0.15) is 31.4 Å². The number of hydrogen-bond acceptors (Lipinski definition) is 3. The van der Waals surface area contributed by atoms with E-state index in [-0.39, 0.29) is 35.9 Å². The standard InChI is InChI=1S/C21H24ClFN2O3S/c1-15(16-7-9-18(22)10-8-16)24(2)21(26)17-11-13-25(14-12-17)29(27,28)20-6-4-3-5-19(20)23/h3-10,15,17H,11-14H2,1-2H3. The first kappa shape index (κ1) is 21.7. The number of rotatable bonds is 5. The predicted molar refractivity (Wildman–Crippen MR) is 111 cm³/mol. The van der Waals surface area contributed by atoms with Crippen LogP contribution in [0.25, 0.3) is 0 Å². The fourth-order valence-corrected chi connectivity index (χ4v) is 5.24. The van der Waals surface area contributed by atoms with Gasteiger partial charge in [-0.2, -0.15) is 4.31 Å².